The van der Waals surface area contributed by atoms with Crippen LogP contribution in [0.25, 0.3) is 0 Å². The van der Waals surface area contributed by atoms with Crippen LogP contribution in [0.3, 0.4) is 0 Å². The molecule has 3 aromatic carbocycles. The first-order valence-corrected chi connectivity index (χ1v) is 13.5. The summed E-state index contributed by atoms with van der Waals surface area (Å²) in [6, 6.07) is 5.85. The van der Waals surface area contributed by atoms with E-state index in [0.717, 1.165) is 12.1 Å². The number of fused-ring (bicyclic) bond motifs is 2. The van der Waals surface area contributed by atoms with Crippen molar-refractivity contribution in [2.75, 3.05) is 7.11 Å². The minimum absolute atomic E-state index is 0.0311. The first kappa shape index (κ1) is 28.2. The van der Waals surface area contributed by atoms with Gasteiger partial charge in [0.15, 0.2) is 17.6 Å². The van der Waals surface area contributed by atoms with Gasteiger partial charge in [-0.3, -0.25) is 0 Å². The van der Waals surface area contributed by atoms with Gasteiger partial charge in [0.1, 0.15) is 52.5 Å². The van der Waals surface area contributed by atoms with E-state index < -0.39 is 65.0 Å². The molecule has 226 valence electrons. The molecule has 3 aliphatic rings. The molecule has 2 unspecified atom stereocenters. The number of allylic oxidation sites excluding steroid dienone is 2. The predicted octanol–water partition coefficient (Wildman–Crippen LogP) is 3.24. The Morgan fingerprint density at radius 3 is 2.14 bits per heavy atom. The van der Waals surface area contributed by atoms with Crippen LogP contribution < -0.4 is 14.2 Å². The van der Waals surface area contributed by atoms with Crippen molar-refractivity contribution in [1.82, 2.24) is 0 Å². The lowest BCUT2D eigenvalue weighted by Crippen LogP contribution is -2.45. The predicted molar refractivity (Wildman–Crippen MR) is 149 cm³/mol. The van der Waals surface area contributed by atoms with Gasteiger partial charge in [-0.25, -0.2) is 0 Å². The highest BCUT2D eigenvalue weighted by Crippen LogP contribution is 2.56. The second-order valence-corrected chi connectivity index (χ2v) is 10.9. The zero-order valence-electron chi connectivity index (χ0n) is 22.7. The van der Waals surface area contributed by atoms with E-state index in [0.29, 0.717) is 6.42 Å². The SMILES string of the molecule is COc1c(O)cc(C2Oc3c(c(O)cc(O)c3[C@H]3c4c(O)cc(O)cc4O[C@H](C4C=CC(O)=CC4)[C@@H]3O)C[C@H]2O)cc1O. The number of ether oxygens (including phenoxy) is 3. The second-order valence-electron chi connectivity index (χ2n) is 10.9. The monoisotopic (exact) mass is 594 g/mol. The molecule has 6 rings (SSSR count). The first-order chi connectivity index (χ1) is 20.5. The van der Waals surface area contributed by atoms with Gasteiger partial charge in [0.25, 0.3) is 0 Å². The van der Waals surface area contributed by atoms with E-state index in [2.05, 4.69) is 0 Å². The topological polar surface area (TPSA) is 210 Å². The molecule has 3 aromatic rings. The van der Waals surface area contributed by atoms with Gasteiger partial charge in [-0.15, -0.1) is 0 Å². The third-order valence-electron chi connectivity index (χ3n) is 8.19. The summed E-state index contributed by atoms with van der Waals surface area (Å²) in [5, 5.41) is 96.7. The molecule has 0 bridgehead atoms. The number of benzene rings is 3. The zero-order chi connectivity index (χ0) is 30.7. The number of methoxy groups -OCH3 is 1. The standard InChI is InChI=1S/C31H30O12/c1-41-31-20(37)6-13(7-21(31)38)28-22(39)10-16-17(34)11-19(36)25(30(16)43-28)26-24-18(35)8-15(33)9-23(24)42-29(27(26)40)12-2-4-14(32)5-3-12/h2,4-9,11-12,22,26-29,32-40H,3,10H2,1H3/t12?,22-,26-,27-,28?,29-/m1/s1. The van der Waals surface area contributed by atoms with Gasteiger partial charge in [0.2, 0.25) is 5.75 Å². The maximum Gasteiger partial charge on any atom is 0.202 e. The Balaban J connectivity index is 1.52. The molecule has 12 nitrogen and oxygen atoms in total. The number of aromatic hydroxyl groups is 6. The summed E-state index contributed by atoms with van der Waals surface area (Å²) in [6.45, 7) is 0. The third-order valence-corrected chi connectivity index (χ3v) is 8.19. The molecule has 12 heteroatoms. The minimum atomic E-state index is -1.44. The summed E-state index contributed by atoms with van der Waals surface area (Å²) >= 11 is 0. The van der Waals surface area contributed by atoms with E-state index >= 15 is 0 Å². The fourth-order valence-corrected chi connectivity index (χ4v) is 6.24. The van der Waals surface area contributed by atoms with Crippen molar-refractivity contribution in [1.29, 1.82) is 0 Å². The van der Waals surface area contributed by atoms with Crippen LogP contribution in [0.5, 0.6) is 51.7 Å². The molecular weight excluding hydrogens is 564 g/mol. The summed E-state index contributed by atoms with van der Waals surface area (Å²) in [5.74, 6) is -4.35. The molecule has 0 saturated carbocycles. The van der Waals surface area contributed by atoms with Crippen LogP contribution in [0.1, 0.15) is 40.7 Å². The molecule has 0 fully saturated rings. The molecule has 1 aliphatic carbocycles. The van der Waals surface area contributed by atoms with Crippen molar-refractivity contribution in [3.05, 3.63) is 76.6 Å². The molecule has 9 N–H and O–H groups in total. The fourth-order valence-electron chi connectivity index (χ4n) is 6.24. The Kier molecular flexibility index (Phi) is 6.82. The van der Waals surface area contributed by atoms with Gasteiger partial charge in [-0.05, 0) is 30.7 Å². The lowest BCUT2D eigenvalue weighted by Gasteiger charge is -2.42. The van der Waals surface area contributed by atoms with E-state index in [1.807, 2.05) is 0 Å². The summed E-state index contributed by atoms with van der Waals surface area (Å²) in [6.07, 6.45) is -0.123. The molecule has 0 radical (unpaired) electrons. The molecule has 0 amide bonds. The summed E-state index contributed by atoms with van der Waals surface area (Å²) in [5.41, 5.74) is 0.265. The number of rotatable bonds is 4. The molecule has 2 heterocycles. The van der Waals surface area contributed by atoms with Crippen LogP contribution in [0.4, 0.5) is 0 Å². The Labute approximate surface area is 244 Å². The summed E-state index contributed by atoms with van der Waals surface area (Å²) < 4.78 is 17.3. The Hall–Kier alpha value is -4.94. The van der Waals surface area contributed by atoms with Gasteiger partial charge in [-0.2, -0.15) is 0 Å². The van der Waals surface area contributed by atoms with Gasteiger partial charge >= 0.3 is 0 Å². The van der Waals surface area contributed by atoms with Gasteiger partial charge < -0.3 is 60.2 Å². The number of aliphatic hydroxyl groups is 3. The maximum absolute atomic E-state index is 11.8. The van der Waals surface area contributed by atoms with Crippen molar-refractivity contribution in [2.24, 2.45) is 5.92 Å². The van der Waals surface area contributed by atoms with E-state index in [4.69, 9.17) is 14.2 Å². The van der Waals surface area contributed by atoms with Crippen molar-refractivity contribution >= 4 is 0 Å². The smallest absolute Gasteiger partial charge is 0.202 e. The van der Waals surface area contributed by atoms with Gasteiger partial charge in [0.05, 0.1) is 19.1 Å². The number of hydrogen-bond donors (Lipinski definition) is 9. The maximum atomic E-state index is 11.8. The van der Waals surface area contributed by atoms with Crippen LogP contribution in [-0.2, 0) is 6.42 Å². The van der Waals surface area contributed by atoms with Crippen LogP contribution in [0.15, 0.2) is 54.3 Å². The Bertz CT molecular complexity index is 1640. The summed E-state index contributed by atoms with van der Waals surface area (Å²) in [7, 11) is 1.26. The van der Waals surface area contributed by atoms with Crippen LogP contribution >= 0.6 is 0 Å². The highest BCUT2D eigenvalue weighted by Gasteiger charge is 2.47. The molecule has 2 aliphatic heterocycles. The first-order valence-electron chi connectivity index (χ1n) is 13.5. The van der Waals surface area contributed by atoms with Crippen LogP contribution in [0.2, 0.25) is 0 Å². The number of hydrogen-bond acceptors (Lipinski definition) is 12. The molecule has 0 aromatic heterocycles. The largest absolute Gasteiger partial charge is 0.508 e. The average molecular weight is 595 g/mol. The van der Waals surface area contributed by atoms with Crippen molar-refractivity contribution in [3.8, 4) is 51.7 Å². The number of phenols is 6. The van der Waals surface area contributed by atoms with E-state index in [1.54, 1.807) is 12.2 Å². The highest BCUT2D eigenvalue weighted by atomic mass is 16.5. The zero-order valence-corrected chi connectivity index (χ0v) is 22.7. The summed E-state index contributed by atoms with van der Waals surface area (Å²) in [4.78, 5) is 0. The van der Waals surface area contributed by atoms with Gasteiger partial charge in [-0.1, -0.05) is 6.08 Å². The lowest BCUT2D eigenvalue weighted by atomic mass is 9.75. The molecule has 6 atom stereocenters. The van der Waals surface area contributed by atoms with Crippen molar-refractivity contribution < 1.29 is 60.2 Å². The minimum Gasteiger partial charge on any atom is -0.508 e. The third kappa shape index (κ3) is 4.64. The quantitative estimate of drug-likeness (QED) is 0.213. The van der Waals surface area contributed by atoms with E-state index in [9.17, 15) is 46.0 Å². The highest BCUT2D eigenvalue weighted by molar-refractivity contribution is 5.65. The van der Waals surface area contributed by atoms with Crippen LogP contribution in [0, 0.1) is 5.92 Å². The van der Waals surface area contributed by atoms with Crippen molar-refractivity contribution in [3.63, 3.8) is 0 Å². The number of aliphatic hydroxyl groups excluding tert-OH is 3. The van der Waals surface area contributed by atoms with E-state index in [1.165, 1.54) is 31.4 Å². The molecule has 43 heavy (non-hydrogen) atoms. The van der Waals surface area contributed by atoms with Crippen molar-refractivity contribution in [2.45, 2.75) is 43.2 Å². The normalized spacial score (nSPS) is 26.0. The van der Waals surface area contributed by atoms with Gasteiger partial charge in [0, 0.05) is 52.8 Å². The Morgan fingerprint density at radius 2 is 1.49 bits per heavy atom. The van der Waals surface area contributed by atoms with E-state index in [-0.39, 0.29) is 57.4 Å². The average Bonchev–Trinajstić information content (AvgIpc) is 2.94. The lowest BCUT2D eigenvalue weighted by molar-refractivity contribution is -0.0161. The van der Waals surface area contributed by atoms with Crippen LogP contribution in [-0.4, -0.2) is 71.4 Å². The fraction of sp³-hybridized carbons (Fsp3) is 0.290. The molecule has 0 spiro atoms. The molecular formula is C31H30O12. The Morgan fingerprint density at radius 1 is 0.791 bits per heavy atom. The number of phenolic OH excluding ortho intramolecular Hbond substituents is 6. The molecule has 0 saturated heterocycles. The second kappa shape index (κ2) is 10.4.